The molecule has 0 saturated carbocycles. The summed E-state index contributed by atoms with van der Waals surface area (Å²) in [7, 11) is 3.38. The van der Waals surface area contributed by atoms with Crippen molar-refractivity contribution in [1.82, 2.24) is 16.0 Å². The van der Waals surface area contributed by atoms with Gasteiger partial charge in [-0.2, -0.15) is 0 Å². The molecule has 0 fully saturated rings. The first kappa shape index (κ1) is 44.8. The number of hydrogen-bond donors (Lipinski definition) is 4. The standard InChI is InChI=1S/C33H48N4O4S.C10H11F/c1-9-14-25-17-26(19-27(18-25)37(6)42-8)32(39)35-28(10-2)29(38)20-30(41-7)33(40)36-31(22(3)4)23(5)34-21-24-15-12-11-13-16-24;1-3-4-9-5-8(2)6-10(11)7-9/h9,11-13,15-19,22,28-31,34,38H,1,5,10,14,20-21H2,2-4,6-8H3,(H,35,39)(H,36,40);3,5-7H,1,4H2,2H3/t28-,29?,30?,31-;/m0./s1. The molecule has 8 nitrogen and oxygen atoms in total. The van der Waals surface area contributed by atoms with Crippen molar-refractivity contribution in [2.45, 2.75) is 84.2 Å². The van der Waals surface area contributed by atoms with Crippen LogP contribution in [0.5, 0.6) is 0 Å². The number of halogens is 1. The molecular weight excluding hydrogens is 688 g/mol. The maximum Gasteiger partial charge on any atom is 0.251 e. The highest BCUT2D eigenvalue weighted by molar-refractivity contribution is 7.99. The van der Waals surface area contributed by atoms with Crippen LogP contribution >= 0.6 is 11.9 Å². The number of rotatable bonds is 20. The largest absolute Gasteiger partial charge is 0.391 e. The van der Waals surface area contributed by atoms with Gasteiger partial charge in [-0.3, -0.25) is 9.59 Å². The van der Waals surface area contributed by atoms with Crippen LogP contribution in [0.2, 0.25) is 0 Å². The summed E-state index contributed by atoms with van der Waals surface area (Å²) in [5, 5.41) is 20.4. The van der Waals surface area contributed by atoms with Crippen molar-refractivity contribution in [3.8, 4) is 0 Å². The highest BCUT2D eigenvalue weighted by Crippen LogP contribution is 2.24. The molecule has 0 bridgehead atoms. The summed E-state index contributed by atoms with van der Waals surface area (Å²) in [6, 6.07) is 19.8. The molecule has 0 aliphatic carbocycles. The van der Waals surface area contributed by atoms with Crippen molar-refractivity contribution in [1.29, 1.82) is 0 Å². The minimum absolute atomic E-state index is 0.0207. The van der Waals surface area contributed by atoms with Crippen molar-refractivity contribution in [2.75, 3.05) is 24.7 Å². The van der Waals surface area contributed by atoms with Crippen molar-refractivity contribution >= 4 is 29.4 Å². The van der Waals surface area contributed by atoms with Crippen LogP contribution in [0.1, 0.15) is 66.2 Å². The minimum Gasteiger partial charge on any atom is -0.391 e. The van der Waals surface area contributed by atoms with E-state index in [1.165, 1.54) is 19.2 Å². The van der Waals surface area contributed by atoms with Gasteiger partial charge in [0.25, 0.3) is 5.91 Å². The molecule has 0 heterocycles. The first-order chi connectivity index (χ1) is 25.3. The second kappa shape index (κ2) is 23.3. The number of aryl methyl sites for hydroxylation is 1. The van der Waals surface area contributed by atoms with Gasteiger partial charge in [-0.05, 0) is 84.7 Å². The normalized spacial score (nSPS) is 13.0. The van der Waals surface area contributed by atoms with Gasteiger partial charge in [0.15, 0.2) is 0 Å². The third-order valence-electron chi connectivity index (χ3n) is 8.69. The molecule has 0 aromatic heterocycles. The number of carbonyl (C=O) groups excluding carboxylic acids is 2. The molecule has 53 heavy (non-hydrogen) atoms. The van der Waals surface area contributed by atoms with Gasteiger partial charge in [0, 0.05) is 50.3 Å². The average molecular weight is 747 g/mol. The number of allylic oxidation sites excluding steroid dienone is 2. The van der Waals surface area contributed by atoms with Crippen LogP contribution in [-0.4, -0.2) is 61.6 Å². The number of benzene rings is 3. The number of anilines is 1. The number of hydrogen-bond acceptors (Lipinski definition) is 7. The predicted octanol–water partition coefficient (Wildman–Crippen LogP) is 7.71. The van der Waals surface area contributed by atoms with Crippen LogP contribution in [0.15, 0.2) is 104 Å². The zero-order valence-corrected chi connectivity index (χ0v) is 33.3. The highest BCUT2D eigenvalue weighted by atomic mass is 32.2. The Morgan fingerprint density at radius 3 is 2.17 bits per heavy atom. The van der Waals surface area contributed by atoms with Gasteiger partial charge in [-0.1, -0.05) is 87.8 Å². The lowest BCUT2D eigenvalue weighted by Gasteiger charge is -2.29. The SMILES string of the molecule is C=CCc1cc(C(=O)N[C@@H](CC)C(O)CC(OC)C(=O)N[C@H](C(=C)NCc2ccccc2)C(C)C)cc(N(C)SC)c1.C=CCc1cc(C)cc(F)c1. The maximum absolute atomic E-state index is 13.3. The molecule has 4 N–H and O–H groups in total. The number of aliphatic hydroxyl groups is 1. The molecule has 10 heteroatoms. The molecule has 3 rings (SSSR count). The van der Waals surface area contributed by atoms with Crippen molar-refractivity contribution in [3.63, 3.8) is 0 Å². The molecule has 2 amide bonds. The molecule has 288 valence electrons. The summed E-state index contributed by atoms with van der Waals surface area (Å²) in [6.07, 6.45) is 5.48. The van der Waals surface area contributed by atoms with E-state index in [4.69, 9.17) is 4.74 Å². The third-order valence-corrected chi connectivity index (χ3v) is 9.45. The van der Waals surface area contributed by atoms with E-state index in [9.17, 15) is 19.1 Å². The van der Waals surface area contributed by atoms with E-state index in [-0.39, 0.29) is 36.0 Å². The van der Waals surface area contributed by atoms with E-state index in [2.05, 4.69) is 35.7 Å². The topological polar surface area (TPSA) is 103 Å². The van der Waals surface area contributed by atoms with Crippen LogP contribution in [0.3, 0.4) is 0 Å². The fourth-order valence-electron chi connectivity index (χ4n) is 5.71. The molecule has 0 radical (unpaired) electrons. The summed E-state index contributed by atoms with van der Waals surface area (Å²) in [5.74, 6) is -0.730. The number of ether oxygens (including phenoxy) is 1. The average Bonchev–Trinajstić information content (AvgIpc) is 3.13. The van der Waals surface area contributed by atoms with Crippen molar-refractivity contribution in [3.05, 3.63) is 138 Å². The summed E-state index contributed by atoms with van der Waals surface area (Å²) >= 11 is 1.54. The van der Waals surface area contributed by atoms with Gasteiger partial charge in [0.2, 0.25) is 5.91 Å². The predicted molar refractivity (Wildman–Crippen MR) is 219 cm³/mol. The Balaban J connectivity index is 0.000000751. The highest BCUT2D eigenvalue weighted by Gasteiger charge is 2.30. The first-order valence-corrected chi connectivity index (χ1v) is 19.1. The van der Waals surface area contributed by atoms with Crippen LogP contribution in [0.4, 0.5) is 10.1 Å². The summed E-state index contributed by atoms with van der Waals surface area (Å²) in [5.41, 5.74) is 6.12. The molecule has 0 spiro atoms. The number of nitrogens with one attached hydrogen (secondary N) is 3. The van der Waals surface area contributed by atoms with Crippen LogP contribution < -0.4 is 20.3 Å². The fourth-order valence-corrected chi connectivity index (χ4v) is 6.03. The van der Waals surface area contributed by atoms with Crippen molar-refractivity contribution < 1.29 is 23.8 Å². The molecule has 0 aliphatic heterocycles. The number of methoxy groups -OCH3 is 1. The molecule has 3 aromatic carbocycles. The Hall–Kier alpha value is -4.38. The van der Waals surface area contributed by atoms with Gasteiger partial charge >= 0.3 is 0 Å². The minimum atomic E-state index is -1.00. The number of nitrogens with zero attached hydrogens (tertiary/aromatic N) is 1. The quantitative estimate of drug-likeness (QED) is 0.0694. The smallest absolute Gasteiger partial charge is 0.251 e. The molecule has 0 aliphatic rings. The Kier molecular flexibility index (Phi) is 19.7. The first-order valence-electron chi connectivity index (χ1n) is 17.9. The summed E-state index contributed by atoms with van der Waals surface area (Å²) in [4.78, 5) is 26.6. The zero-order chi connectivity index (χ0) is 39.5. The van der Waals surface area contributed by atoms with E-state index >= 15 is 0 Å². The van der Waals surface area contributed by atoms with Crippen LogP contribution in [0.25, 0.3) is 0 Å². The Morgan fingerprint density at radius 2 is 1.62 bits per heavy atom. The van der Waals surface area contributed by atoms with E-state index in [1.807, 2.05) is 99.9 Å². The lowest BCUT2D eigenvalue weighted by molar-refractivity contribution is -0.134. The lowest BCUT2D eigenvalue weighted by atomic mass is 9.98. The third kappa shape index (κ3) is 15.2. The van der Waals surface area contributed by atoms with E-state index in [0.717, 1.165) is 34.4 Å². The zero-order valence-electron chi connectivity index (χ0n) is 32.5. The van der Waals surface area contributed by atoms with Gasteiger partial charge < -0.3 is 30.1 Å². The van der Waals surface area contributed by atoms with Crippen LogP contribution in [-0.2, 0) is 28.9 Å². The van der Waals surface area contributed by atoms with Crippen molar-refractivity contribution in [2.24, 2.45) is 5.92 Å². The molecule has 2 unspecified atom stereocenters. The summed E-state index contributed by atoms with van der Waals surface area (Å²) < 4.78 is 20.2. The maximum atomic E-state index is 13.3. The molecule has 4 atom stereocenters. The second-order valence-electron chi connectivity index (χ2n) is 13.3. The van der Waals surface area contributed by atoms with Gasteiger partial charge in [0.05, 0.1) is 18.2 Å². The Bertz CT molecular complexity index is 1610. The van der Waals surface area contributed by atoms with E-state index in [1.54, 1.807) is 24.1 Å². The number of aliphatic hydroxyl groups excluding tert-OH is 1. The molecule has 0 saturated heterocycles. The van der Waals surface area contributed by atoms with Gasteiger partial charge in [-0.15, -0.1) is 13.2 Å². The van der Waals surface area contributed by atoms with E-state index in [0.29, 0.717) is 30.6 Å². The van der Waals surface area contributed by atoms with E-state index < -0.39 is 18.2 Å². The van der Waals surface area contributed by atoms with Gasteiger partial charge in [-0.25, -0.2) is 4.39 Å². The lowest BCUT2D eigenvalue weighted by Crippen LogP contribution is -2.50. The molecular formula is C43H59FN4O4S. The molecule has 3 aromatic rings. The van der Waals surface area contributed by atoms with Gasteiger partial charge in [0.1, 0.15) is 11.9 Å². The summed E-state index contributed by atoms with van der Waals surface area (Å²) in [6.45, 7) is 19.9. The number of amides is 2. The second-order valence-corrected chi connectivity index (χ2v) is 14.2. The Morgan fingerprint density at radius 1 is 0.981 bits per heavy atom. The number of carbonyl (C=O) groups is 2. The van der Waals surface area contributed by atoms with Crippen LogP contribution in [0, 0.1) is 18.7 Å². The monoisotopic (exact) mass is 746 g/mol. The fraction of sp³-hybridized carbons (Fsp3) is 0.395. The Labute approximate surface area is 321 Å².